The molecule has 1 aromatic carbocycles. The van der Waals surface area contributed by atoms with Crippen molar-refractivity contribution in [2.24, 2.45) is 0 Å². The second-order valence-electron chi connectivity index (χ2n) is 7.87. The Bertz CT molecular complexity index is 938. The maximum absolute atomic E-state index is 14.9. The molecule has 0 N–H and O–H groups in total. The summed E-state index contributed by atoms with van der Waals surface area (Å²) in [7, 11) is 0. The lowest BCUT2D eigenvalue weighted by atomic mass is 10.0. The first-order valence-corrected chi connectivity index (χ1v) is 10.5. The van der Waals surface area contributed by atoms with Crippen LogP contribution in [0.3, 0.4) is 0 Å². The van der Waals surface area contributed by atoms with E-state index < -0.39 is 11.6 Å². The van der Waals surface area contributed by atoms with Crippen molar-refractivity contribution in [2.75, 3.05) is 13.2 Å². The lowest BCUT2D eigenvalue weighted by Crippen LogP contribution is -2.18. The zero-order chi connectivity index (χ0) is 20.5. The van der Waals surface area contributed by atoms with Gasteiger partial charge in [0.25, 0.3) is 0 Å². The molecule has 8 heteroatoms. The van der Waals surface area contributed by atoms with Gasteiger partial charge >= 0.3 is 0 Å². The Morgan fingerprint density at radius 2 is 1.20 bits per heavy atom. The molecule has 2 saturated heterocycles. The maximum atomic E-state index is 14.9. The van der Waals surface area contributed by atoms with Crippen molar-refractivity contribution in [3.63, 3.8) is 0 Å². The van der Waals surface area contributed by atoms with E-state index in [0.717, 1.165) is 38.5 Å². The second kappa shape index (κ2) is 8.28. The van der Waals surface area contributed by atoms with Gasteiger partial charge in [0.1, 0.15) is 24.1 Å². The van der Waals surface area contributed by atoms with E-state index in [-0.39, 0.29) is 23.6 Å². The predicted molar refractivity (Wildman–Crippen MR) is 106 cm³/mol. The standard InChI is InChI=1S/C22H24F2N4O2/c23-19-10-18(16-12-26-28(14-16)22-6-2-4-8-30-22)20(24)9-17(19)15-11-25-27(13-15)21-5-1-3-7-29-21/h9-14,21-22H,1-8H2. The average molecular weight is 414 g/mol. The van der Waals surface area contributed by atoms with Crippen LogP contribution in [0.1, 0.15) is 51.0 Å². The van der Waals surface area contributed by atoms with E-state index in [4.69, 9.17) is 9.47 Å². The van der Waals surface area contributed by atoms with Gasteiger partial charge in [0.05, 0.1) is 12.4 Å². The van der Waals surface area contributed by atoms with Crippen molar-refractivity contribution in [2.45, 2.75) is 51.0 Å². The largest absolute Gasteiger partial charge is 0.357 e. The highest BCUT2D eigenvalue weighted by Gasteiger charge is 2.21. The first kappa shape index (κ1) is 19.4. The highest BCUT2D eigenvalue weighted by atomic mass is 19.1. The average Bonchev–Trinajstić information content (AvgIpc) is 3.47. The molecule has 2 atom stereocenters. The normalized spacial score (nSPS) is 22.3. The molecule has 0 amide bonds. The summed E-state index contributed by atoms with van der Waals surface area (Å²) >= 11 is 0. The molecule has 4 heterocycles. The number of aromatic nitrogens is 4. The Hall–Kier alpha value is -2.58. The number of halogens is 2. The number of hydrogen-bond acceptors (Lipinski definition) is 4. The molecule has 2 aliphatic rings. The minimum Gasteiger partial charge on any atom is -0.357 e. The lowest BCUT2D eigenvalue weighted by Gasteiger charge is -2.22. The van der Waals surface area contributed by atoms with Crippen molar-refractivity contribution in [3.8, 4) is 22.3 Å². The van der Waals surface area contributed by atoms with Crippen LogP contribution in [0.5, 0.6) is 0 Å². The van der Waals surface area contributed by atoms with Gasteiger partial charge in [-0.25, -0.2) is 18.1 Å². The van der Waals surface area contributed by atoms with Gasteiger partial charge < -0.3 is 9.47 Å². The highest BCUT2D eigenvalue weighted by molar-refractivity contribution is 5.70. The van der Waals surface area contributed by atoms with Crippen LogP contribution < -0.4 is 0 Å². The van der Waals surface area contributed by atoms with Gasteiger partial charge in [-0.05, 0) is 50.7 Å². The molecule has 2 fully saturated rings. The van der Waals surface area contributed by atoms with Crippen molar-refractivity contribution in [3.05, 3.63) is 48.6 Å². The minimum absolute atomic E-state index is 0.146. The number of rotatable bonds is 4. The summed E-state index contributed by atoms with van der Waals surface area (Å²) in [5.41, 5.74) is 1.42. The van der Waals surface area contributed by atoms with Crippen LogP contribution in [0, 0.1) is 11.6 Å². The van der Waals surface area contributed by atoms with E-state index in [1.165, 1.54) is 12.1 Å². The fraction of sp³-hybridized carbons (Fsp3) is 0.455. The number of benzene rings is 1. The Kier molecular flexibility index (Phi) is 5.35. The Morgan fingerprint density at radius 1 is 0.733 bits per heavy atom. The van der Waals surface area contributed by atoms with Gasteiger partial charge in [-0.15, -0.1) is 0 Å². The van der Waals surface area contributed by atoms with E-state index in [1.807, 2.05) is 0 Å². The van der Waals surface area contributed by atoms with E-state index in [0.29, 0.717) is 24.3 Å². The molecule has 2 aromatic heterocycles. The van der Waals surface area contributed by atoms with Gasteiger partial charge in [-0.1, -0.05) is 0 Å². The summed E-state index contributed by atoms with van der Waals surface area (Å²) in [6.07, 6.45) is 12.2. The molecule has 6 nitrogen and oxygen atoms in total. The van der Waals surface area contributed by atoms with Crippen molar-refractivity contribution in [1.29, 1.82) is 0 Å². The summed E-state index contributed by atoms with van der Waals surface area (Å²) in [5.74, 6) is -1.01. The number of nitrogens with zero attached hydrogens (tertiary/aromatic N) is 4. The third-order valence-electron chi connectivity index (χ3n) is 5.78. The summed E-state index contributed by atoms with van der Waals surface area (Å²) < 4.78 is 44.7. The molecule has 3 aromatic rings. The van der Waals surface area contributed by atoms with Crippen LogP contribution in [-0.4, -0.2) is 32.8 Å². The highest BCUT2D eigenvalue weighted by Crippen LogP contribution is 2.32. The van der Waals surface area contributed by atoms with E-state index in [9.17, 15) is 8.78 Å². The SMILES string of the molecule is Fc1cc(-c2cnn(C3CCCCO3)c2)c(F)cc1-c1cnn(C2CCCCO2)c1. The van der Waals surface area contributed by atoms with Gasteiger partial charge in [-0.3, -0.25) is 0 Å². The summed E-state index contributed by atoms with van der Waals surface area (Å²) in [6.45, 7) is 1.38. The van der Waals surface area contributed by atoms with Crippen LogP contribution in [0.4, 0.5) is 8.78 Å². The monoisotopic (exact) mass is 414 g/mol. The first-order chi connectivity index (χ1) is 14.7. The van der Waals surface area contributed by atoms with Gasteiger partial charge in [0.15, 0.2) is 0 Å². The van der Waals surface area contributed by atoms with Crippen molar-refractivity contribution < 1.29 is 18.3 Å². The smallest absolute Gasteiger partial charge is 0.150 e. The molecular formula is C22H24F2N4O2. The molecule has 0 radical (unpaired) electrons. The number of ether oxygens (including phenoxy) is 2. The van der Waals surface area contributed by atoms with Crippen LogP contribution in [0.2, 0.25) is 0 Å². The Morgan fingerprint density at radius 3 is 1.60 bits per heavy atom. The summed E-state index contributed by atoms with van der Waals surface area (Å²) in [4.78, 5) is 0. The molecule has 0 bridgehead atoms. The van der Waals surface area contributed by atoms with Crippen LogP contribution in [-0.2, 0) is 9.47 Å². The maximum Gasteiger partial charge on any atom is 0.150 e. The quantitative estimate of drug-likeness (QED) is 0.597. The predicted octanol–water partition coefficient (Wildman–Crippen LogP) is 5.09. The zero-order valence-electron chi connectivity index (χ0n) is 16.6. The number of hydrogen-bond donors (Lipinski definition) is 0. The third-order valence-corrected chi connectivity index (χ3v) is 5.78. The fourth-order valence-electron chi connectivity index (χ4n) is 4.12. The van der Waals surface area contributed by atoms with Gasteiger partial charge in [0.2, 0.25) is 0 Å². The second-order valence-corrected chi connectivity index (χ2v) is 7.87. The van der Waals surface area contributed by atoms with Crippen LogP contribution >= 0.6 is 0 Å². The molecule has 0 spiro atoms. The minimum atomic E-state index is -0.503. The third kappa shape index (κ3) is 3.77. The van der Waals surface area contributed by atoms with Crippen LogP contribution in [0.15, 0.2) is 36.9 Å². The Labute approximate surface area is 173 Å². The van der Waals surface area contributed by atoms with Gasteiger partial charge in [0, 0.05) is 47.9 Å². The summed E-state index contributed by atoms with van der Waals surface area (Å²) in [6, 6.07) is 2.45. The molecule has 2 aliphatic heterocycles. The zero-order valence-corrected chi connectivity index (χ0v) is 16.6. The van der Waals surface area contributed by atoms with E-state index >= 15 is 0 Å². The molecular weight excluding hydrogens is 390 g/mol. The molecule has 2 unspecified atom stereocenters. The molecule has 0 saturated carbocycles. The van der Waals surface area contributed by atoms with Gasteiger partial charge in [-0.2, -0.15) is 10.2 Å². The topological polar surface area (TPSA) is 54.1 Å². The fourth-order valence-corrected chi connectivity index (χ4v) is 4.12. The van der Waals surface area contributed by atoms with Crippen molar-refractivity contribution in [1.82, 2.24) is 19.6 Å². The first-order valence-electron chi connectivity index (χ1n) is 10.5. The van der Waals surface area contributed by atoms with Crippen molar-refractivity contribution >= 4 is 0 Å². The Balaban J connectivity index is 1.40. The molecule has 30 heavy (non-hydrogen) atoms. The summed E-state index contributed by atoms with van der Waals surface area (Å²) in [5, 5.41) is 8.60. The van der Waals surface area contributed by atoms with Crippen LogP contribution in [0.25, 0.3) is 22.3 Å². The molecule has 158 valence electrons. The van der Waals surface area contributed by atoms with E-state index in [1.54, 1.807) is 34.2 Å². The van der Waals surface area contributed by atoms with E-state index in [2.05, 4.69) is 10.2 Å². The lowest BCUT2D eigenvalue weighted by molar-refractivity contribution is -0.0395. The molecule has 0 aliphatic carbocycles. The molecule has 5 rings (SSSR count).